The van der Waals surface area contributed by atoms with Crippen LogP contribution >= 0.6 is 0 Å². The number of hydrogen-bond donors (Lipinski definition) is 1. The molecular weight excluding hydrogens is 232 g/mol. The molecular formula is C17H24N2. The molecule has 0 amide bonds. The van der Waals surface area contributed by atoms with Crippen LogP contribution in [0.25, 0.3) is 10.8 Å². The van der Waals surface area contributed by atoms with Crippen molar-refractivity contribution in [1.82, 2.24) is 10.2 Å². The van der Waals surface area contributed by atoms with E-state index in [2.05, 4.69) is 80.6 Å². The van der Waals surface area contributed by atoms with Crippen LogP contribution in [0.3, 0.4) is 0 Å². The van der Waals surface area contributed by atoms with Crippen LogP contribution in [0, 0.1) is 0 Å². The lowest BCUT2D eigenvalue weighted by Gasteiger charge is -2.40. The van der Waals surface area contributed by atoms with Crippen molar-refractivity contribution in [3.8, 4) is 0 Å². The second kappa shape index (κ2) is 5.32. The van der Waals surface area contributed by atoms with Gasteiger partial charge in [0.15, 0.2) is 0 Å². The van der Waals surface area contributed by atoms with E-state index in [0.29, 0.717) is 6.04 Å². The first-order valence-electron chi connectivity index (χ1n) is 6.80. The Morgan fingerprint density at radius 1 is 1.00 bits per heavy atom. The van der Waals surface area contributed by atoms with Gasteiger partial charge < -0.3 is 10.2 Å². The van der Waals surface area contributed by atoms with Crippen molar-refractivity contribution in [3.05, 3.63) is 48.0 Å². The van der Waals surface area contributed by atoms with Crippen LogP contribution in [0.1, 0.15) is 25.5 Å². The molecule has 1 N–H and O–H groups in total. The molecule has 0 saturated carbocycles. The van der Waals surface area contributed by atoms with Crippen LogP contribution in [0.5, 0.6) is 0 Å². The SMILES string of the molecule is CNC(c1ccc2ccccc2c1)C(C)(C)N(C)C. The van der Waals surface area contributed by atoms with Gasteiger partial charge in [0, 0.05) is 11.6 Å². The normalized spacial score (nSPS) is 14.0. The third-order valence-corrected chi connectivity index (χ3v) is 4.25. The molecule has 0 fully saturated rings. The molecule has 0 aliphatic heterocycles. The molecule has 1 unspecified atom stereocenters. The zero-order valence-corrected chi connectivity index (χ0v) is 12.6. The minimum Gasteiger partial charge on any atom is -0.311 e. The molecule has 1 atom stereocenters. The molecule has 0 saturated heterocycles. The van der Waals surface area contributed by atoms with Crippen molar-refractivity contribution in [2.75, 3.05) is 21.1 Å². The quantitative estimate of drug-likeness (QED) is 0.901. The molecule has 0 bridgehead atoms. The summed E-state index contributed by atoms with van der Waals surface area (Å²) in [4.78, 5) is 2.27. The van der Waals surface area contributed by atoms with Gasteiger partial charge in [0.25, 0.3) is 0 Å². The van der Waals surface area contributed by atoms with Crippen molar-refractivity contribution < 1.29 is 0 Å². The van der Waals surface area contributed by atoms with Gasteiger partial charge in [0.05, 0.1) is 0 Å². The molecule has 2 aromatic rings. The van der Waals surface area contributed by atoms with Gasteiger partial charge in [-0.3, -0.25) is 0 Å². The molecule has 0 heterocycles. The Bertz CT molecular complexity index is 558. The van der Waals surface area contributed by atoms with Crippen LogP contribution in [-0.4, -0.2) is 31.6 Å². The summed E-state index contributed by atoms with van der Waals surface area (Å²) < 4.78 is 0. The Kier molecular flexibility index (Phi) is 3.93. The highest BCUT2D eigenvalue weighted by Gasteiger charge is 2.31. The fourth-order valence-corrected chi connectivity index (χ4v) is 2.57. The fraction of sp³-hybridized carbons (Fsp3) is 0.412. The van der Waals surface area contributed by atoms with Gasteiger partial charge in [-0.2, -0.15) is 0 Å². The first-order valence-corrected chi connectivity index (χ1v) is 6.80. The lowest BCUT2D eigenvalue weighted by molar-refractivity contribution is 0.142. The van der Waals surface area contributed by atoms with Crippen LogP contribution < -0.4 is 5.32 Å². The van der Waals surface area contributed by atoms with Gasteiger partial charge in [0.1, 0.15) is 0 Å². The first kappa shape index (κ1) is 14.0. The maximum atomic E-state index is 3.46. The second-order valence-corrected chi connectivity index (χ2v) is 5.88. The number of hydrogen-bond acceptors (Lipinski definition) is 2. The van der Waals surface area contributed by atoms with Crippen molar-refractivity contribution in [2.45, 2.75) is 25.4 Å². The topological polar surface area (TPSA) is 15.3 Å². The predicted octanol–water partition coefficient (Wildman–Crippen LogP) is 3.44. The Hall–Kier alpha value is -1.38. The standard InChI is InChI=1S/C17H24N2/c1-17(2,19(4)5)16(18-3)15-11-10-13-8-6-7-9-14(13)12-15/h6-12,16,18H,1-5H3. The van der Waals surface area contributed by atoms with Gasteiger partial charge in [-0.1, -0.05) is 36.4 Å². The van der Waals surface area contributed by atoms with Gasteiger partial charge in [-0.15, -0.1) is 0 Å². The zero-order chi connectivity index (χ0) is 14.0. The van der Waals surface area contributed by atoms with Crippen molar-refractivity contribution >= 4 is 10.8 Å². The van der Waals surface area contributed by atoms with E-state index in [1.807, 2.05) is 7.05 Å². The van der Waals surface area contributed by atoms with E-state index in [1.54, 1.807) is 0 Å². The second-order valence-electron chi connectivity index (χ2n) is 5.88. The average molecular weight is 256 g/mol. The van der Waals surface area contributed by atoms with E-state index in [0.717, 1.165) is 0 Å². The number of nitrogens with zero attached hydrogens (tertiary/aromatic N) is 1. The Labute approximate surface area is 116 Å². The number of rotatable bonds is 4. The molecule has 0 aliphatic rings. The molecule has 0 spiro atoms. The predicted molar refractivity (Wildman–Crippen MR) is 83.5 cm³/mol. The minimum atomic E-state index is 0.0528. The third kappa shape index (κ3) is 2.65. The highest BCUT2D eigenvalue weighted by atomic mass is 15.2. The molecule has 102 valence electrons. The molecule has 19 heavy (non-hydrogen) atoms. The summed E-state index contributed by atoms with van der Waals surface area (Å²) in [5.41, 5.74) is 1.39. The summed E-state index contributed by atoms with van der Waals surface area (Å²) in [5.74, 6) is 0. The summed E-state index contributed by atoms with van der Waals surface area (Å²) in [6.07, 6.45) is 0. The maximum absolute atomic E-state index is 3.46. The summed E-state index contributed by atoms with van der Waals surface area (Å²) in [5, 5.41) is 6.06. The number of benzene rings is 2. The van der Waals surface area contributed by atoms with Crippen molar-refractivity contribution in [2.24, 2.45) is 0 Å². The van der Waals surface area contributed by atoms with Gasteiger partial charge in [-0.25, -0.2) is 0 Å². The molecule has 0 aromatic heterocycles. The smallest absolute Gasteiger partial charge is 0.0499 e. The zero-order valence-electron chi connectivity index (χ0n) is 12.6. The van der Waals surface area contributed by atoms with E-state index in [1.165, 1.54) is 16.3 Å². The monoisotopic (exact) mass is 256 g/mol. The average Bonchev–Trinajstić information content (AvgIpc) is 2.39. The van der Waals surface area contributed by atoms with Crippen molar-refractivity contribution in [1.29, 1.82) is 0 Å². The highest BCUT2D eigenvalue weighted by Crippen LogP contribution is 2.30. The van der Waals surface area contributed by atoms with Crippen LogP contribution in [0.15, 0.2) is 42.5 Å². The lowest BCUT2D eigenvalue weighted by Crippen LogP contribution is -2.48. The number of nitrogens with one attached hydrogen (secondary N) is 1. The summed E-state index contributed by atoms with van der Waals surface area (Å²) in [6.45, 7) is 4.53. The Morgan fingerprint density at radius 3 is 2.21 bits per heavy atom. The molecule has 2 rings (SSSR count). The molecule has 2 heteroatoms. The van der Waals surface area contributed by atoms with Gasteiger partial charge >= 0.3 is 0 Å². The van der Waals surface area contributed by atoms with Crippen LogP contribution in [0.2, 0.25) is 0 Å². The lowest BCUT2D eigenvalue weighted by atomic mass is 9.86. The Morgan fingerprint density at radius 2 is 1.63 bits per heavy atom. The van der Waals surface area contributed by atoms with Gasteiger partial charge in [-0.05, 0) is 57.4 Å². The van der Waals surface area contributed by atoms with E-state index < -0.39 is 0 Å². The molecule has 0 aliphatic carbocycles. The highest BCUT2D eigenvalue weighted by molar-refractivity contribution is 5.83. The molecule has 0 radical (unpaired) electrons. The summed E-state index contributed by atoms with van der Waals surface area (Å²) in [6, 6.07) is 15.5. The van der Waals surface area contributed by atoms with E-state index in [-0.39, 0.29) is 5.54 Å². The Balaban J connectivity index is 2.46. The van der Waals surface area contributed by atoms with E-state index >= 15 is 0 Å². The first-order chi connectivity index (χ1) is 8.96. The summed E-state index contributed by atoms with van der Waals surface area (Å²) >= 11 is 0. The maximum Gasteiger partial charge on any atom is 0.0499 e. The van der Waals surface area contributed by atoms with Gasteiger partial charge in [0.2, 0.25) is 0 Å². The number of fused-ring (bicyclic) bond motifs is 1. The number of likely N-dealkylation sites (N-methyl/N-ethyl adjacent to an activating group) is 2. The van der Waals surface area contributed by atoms with E-state index in [4.69, 9.17) is 0 Å². The van der Waals surface area contributed by atoms with Crippen LogP contribution in [0.4, 0.5) is 0 Å². The fourth-order valence-electron chi connectivity index (χ4n) is 2.57. The largest absolute Gasteiger partial charge is 0.311 e. The summed E-state index contributed by atoms with van der Waals surface area (Å²) in [7, 11) is 6.29. The van der Waals surface area contributed by atoms with Crippen molar-refractivity contribution in [3.63, 3.8) is 0 Å². The molecule has 2 aromatic carbocycles. The van der Waals surface area contributed by atoms with E-state index in [9.17, 15) is 0 Å². The van der Waals surface area contributed by atoms with Crippen LogP contribution in [-0.2, 0) is 0 Å². The third-order valence-electron chi connectivity index (χ3n) is 4.25. The molecule has 2 nitrogen and oxygen atoms in total. The minimum absolute atomic E-state index is 0.0528.